The lowest BCUT2D eigenvalue weighted by atomic mass is 10.3. The molecule has 3 rings (SSSR count). The van der Waals surface area contributed by atoms with E-state index in [0.29, 0.717) is 21.3 Å². The maximum atomic E-state index is 6.23. The predicted molar refractivity (Wildman–Crippen MR) is 80.4 cm³/mol. The van der Waals surface area contributed by atoms with Crippen LogP contribution in [-0.2, 0) is 6.61 Å². The Balaban J connectivity index is 1.74. The highest BCUT2D eigenvalue weighted by atomic mass is 79.9. The largest absolute Gasteiger partial charge is 0.473 e. The van der Waals surface area contributed by atoms with Gasteiger partial charge < -0.3 is 4.74 Å². The molecule has 6 nitrogen and oxygen atoms in total. The SMILES string of the molecule is Clc1cc(-n2ccnn2)ncc1COc1cccc(Br)n1. The van der Waals surface area contributed by atoms with Gasteiger partial charge in [-0.15, -0.1) is 5.10 Å². The summed E-state index contributed by atoms with van der Waals surface area (Å²) in [5.74, 6) is 1.11. The summed E-state index contributed by atoms with van der Waals surface area (Å²) in [4.78, 5) is 8.46. The third-order valence-corrected chi connectivity index (χ3v) is 3.43. The highest BCUT2D eigenvalue weighted by molar-refractivity contribution is 9.10. The molecule has 0 saturated carbocycles. The van der Waals surface area contributed by atoms with Crippen molar-refractivity contribution in [3.8, 4) is 11.7 Å². The van der Waals surface area contributed by atoms with Crippen LogP contribution in [0.3, 0.4) is 0 Å². The fraction of sp³-hybridized carbons (Fsp3) is 0.0769. The minimum absolute atomic E-state index is 0.285. The number of nitrogens with zero attached hydrogens (tertiary/aromatic N) is 5. The van der Waals surface area contributed by atoms with Gasteiger partial charge in [0.1, 0.15) is 11.2 Å². The second-order valence-corrected chi connectivity index (χ2v) is 5.29. The van der Waals surface area contributed by atoms with Crippen molar-refractivity contribution in [2.24, 2.45) is 0 Å². The van der Waals surface area contributed by atoms with Crippen LogP contribution >= 0.6 is 27.5 Å². The molecule has 0 N–H and O–H groups in total. The van der Waals surface area contributed by atoms with Gasteiger partial charge in [0.05, 0.1) is 17.4 Å². The van der Waals surface area contributed by atoms with Gasteiger partial charge >= 0.3 is 0 Å². The van der Waals surface area contributed by atoms with Gasteiger partial charge in [-0.3, -0.25) is 0 Å². The molecule has 0 aliphatic heterocycles. The molecule has 0 unspecified atom stereocenters. The zero-order chi connectivity index (χ0) is 14.7. The van der Waals surface area contributed by atoms with Gasteiger partial charge in [0.25, 0.3) is 0 Å². The summed E-state index contributed by atoms with van der Waals surface area (Å²) in [5, 5.41) is 8.13. The minimum Gasteiger partial charge on any atom is -0.473 e. The van der Waals surface area contributed by atoms with Crippen LogP contribution < -0.4 is 4.74 Å². The van der Waals surface area contributed by atoms with Crippen LogP contribution in [0.4, 0.5) is 0 Å². The zero-order valence-electron chi connectivity index (χ0n) is 10.6. The van der Waals surface area contributed by atoms with Gasteiger partial charge in [-0.05, 0) is 22.0 Å². The van der Waals surface area contributed by atoms with E-state index < -0.39 is 0 Å². The molecule has 0 aliphatic carbocycles. The molecule has 0 aliphatic rings. The second kappa shape index (κ2) is 6.19. The molecule has 0 fully saturated rings. The van der Waals surface area contributed by atoms with E-state index in [4.69, 9.17) is 16.3 Å². The highest BCUT2D eigenvalue weighted by Crippen LogP contribution is 2.20. The Hall–Kier alpha value is -1.99. The molecular formula is C13H9BrClN5O. The number of hydrogen-bond acceptors (Lipinski definition) is 5. The highest BCUT2D eigenvalue weighted by Gasteiger charge is 2.07. The number of aromatic nitrogens is 5. The fourth-order valence-corrected chi connectivity index (χ4v) is 2.16. The van der Waals surface area contributed by atoms with E-state index in [-0.39, 0.29) is 6.61 Å². The maximum absolute atomic E-state index is 6.23. The normalized spacial score (nSPS) is 10.6. The fourth-order valence-electron chi connectivity index (χ4n) is 1.63. The summed E-state index contributed by atoms with van der Waals surface area (Å²) >= 11 is 9.52. The molecule has 8 heteroatoms. The van der Waals surface area contributed by atoms with Crippen molar-refractivity contribution >= 4 is 27.5 Å². The average Bonchev–Trinajstić information content (AvgIpc) is 3.00. The van der Waals surface area contributed by atoms with Crippen LogP contribution in [0.1, 0.15) is 5.56 Å². The molecule has 106 valence electrons. The number of rotatable bonds is 4. The van der Waals surface area contributed by atoms with Crippen LogP contribution in [0, 0.1) is 0 Å². The molecule has 0 amide bonds. The average molecular weight is 367 g/mol. The van der Waals surface area contributed by atoms with Gasteiger partial charge in [0.2, 0.25) is 5.88 Å². The van der Waals surface area contributed by atoms with Gasteiger partial charge in [-0.2, -0.15) is 0 Å². The van der Waals surface area contributed by atoms with Crippen LogP contribution in [0.15, 0.2) is 47.5 Å². The Kier molecular flexibility index (Phi) is 4.12. The lowest BCUT2D eigenvalue weighted by Crippen LogP contribution is -2.02. The monoisotopic (exact) mass is 365 g/mol. The molecule has 0 bridgehead atoms. The molecule has 0 atom stereocenters. The molecule has 0 aromatic carbocycles. The van der Waals surface area contributed by atoms with Crippen molar-refractivity contribution < 1.29 is 4.74 Å². The van der Waals surface area contributed by atoms with Gasteiger partial charge in [-0.25, -0.2) is 14.6 Å². The quantitative estimate of drug-likeness (QED) is 0.664. The summed E-state index contributed by atoms with van der Waals surface area (Å²) in [5.41, 5.74) is 0.766. The smallest absolute Gasteiger partial charge is 0.214 e. The van der Waals surface area contributed by atoms with E-state index in [1.54, 1.807) is 30.7 Å². The summed E-state index contributed by atoms with van der Waals surface area (Å²) in [7, 11) is 0. The molecular weight excluding hydrogens is 358 g/mol. The zero-order valence-corrected chi connectivity index (χ0v) is 13.0. The lowest BCUT2D eigenvalue weighted by molar-refractivity contribution is 0.293. The van der Waals surface area contributed by atoms with Crippen molar-refractivity contribution in [1.82, 2.24) is 25.0 Å². The Morgan fingerprint density at radius 1 is 1.33 bits per heavy atom. The first-order valence-corrected chi connectivity index (χ1v) is 7.16. The Bertz CT molecular complexity index is 750. The number of halogens is 2. The van der Waals surface area contributed by atoms with Gasteiger partial charge in [0, 0.05) is 23.9 Å². The summed E-state index contributed by atoms with van der Waals surface area (Å²) in [6.45, 7) is 0.285. The van der Waals surface area contributed by atoms with Crippen LogP contribution in [-0.4, -0.2) is 25.0 Å². The van der Waals surface area contributed by atoms with E-state index in [1.165, 1.54) is 4.68 Å². The van der Waals surface area contributed by atoms with Crippen LogP contribution in [0.25, 0.3) is 5.82 Å². The standard InChI is InChI=1S/C13H9BrClN5O/c14-11-2-1-3-13(18-11)21-8-9-7-16-12(6-10(9)15)20-5-4-17-19-20/h1-7H,8H2. The van der Waals surface area contributed by atoms with Crippen molar-refractivity contribution in [3.05, 3.63) is 58.0 Å². The van der Waals surface area contributed by atoms with Crippen molar-refractivity contribution in [2.75, 3.05) is 0 Å². The van der Waals surface area contributed by atoms with Gasteiger partial charge in [0.15, 0.2) is 5.82 Å². The van der Waals surface area contributed by atoms with E-state index in [9.17, 15) is 0 Å². The first-order chi connectivity index (χ1) is 10.2. The van der Waals surface area contributed by atoms with E-state index in [0.717, 1.165) is 5.56 Å². The van der Waals surface area contributed by atoms with Crippen molar-refractivity contribution in [1.29, 1.82) is 0 Å². The number of pyridine rings is 2. The molecule has 3 heterocycles. The lowest BCUT2D eigenvalue weighted by Gasteiger charge is -2.08. The predicted octanol–water partition coefficient (Wildman–Crippen LogP) is 3.05. The molecule has 3 aromatic heterocycles. The summed E-state index contributed by atoms with van der Waals surface area (Å²) in [6.07, 6.45) is 4.92. The van der Waals surface area contributed by atoms with E-state index in [2.05, 4.69) is 36.2 Å². The summed E-state index contributed by atoms with van der Waals surface area (Å²) < 4.78 is 7.83. The molecule has 21 heavy (non-hydrogen) atoms. The Labute approximate surface area is 133 Å². The Morgan fingerprint density at radius 3 is 2.95 bits per heavy atom. The molecule has 0 radical (unpaired) electrons. The molecule has 0 saturated heterocycles. The summed E-state index contributed by atoms with van der Waals surface area (Å²) in [6, 6.07) is 7.16. The van der Waals surface area contributed by atoms with Gasteiger partial charge in [-0.1, -0.05) is 22.9 Å². The van der Waals surface area contributed by atoms with E-state index in [1.807, 2.05) is 12.1 Å². The maximum Gasteiger partial charge on any atom is 0.214 e. The van der Waals surface area contributed by atoms with Crippen molar-refractivity contribution in [2.45, 2.75) is 6.61 Å². The van der Waals surface area contributed by atoms with Crippen molar-refractivity contribution in [3.63, 3.8) is 0 Å². The third kappa shape index (κ3) is 3.37. The molecule has 3 aromatic rings. The molecule has 0 spiro atoms. The third-order valence-electron chi connectivity index (χ3n) is 2.64. The minimum atomic E-state index is 0.285. The Morgan fingerprint density at radius 2 is 2.24 bits per heavy atom. The van der Waals surface area contributed by atoms with Crippen LogP contribution in [0.2, 0.25) is 5.02 Å². The number of hydrogen-bond donors (Lipinski definition) is 0. The topological polar surface area (TPSA) is 65.7 Å². The second-order valence-electron chi connectivity index (χ2n) is 4.07. The first-order valence-electron chi connectivity index (χ1n) is 5.99. The number of ether oxygens (including phenoxy) is 1. The van der Waals surface area contributed by atoms with E-state index >= 15 is 0 Å². The first kappa shape index (κ1) is 14.0. The van der Waals surface area contributed by atoms with Crippen LogP contribution in [0.5, 0.6) is 5.88 Å².